The molecule has 0 atom stereocenters. The Morgan fingerprint density at radius 3 is 2.24 bits per heavy atom. The summed E-state index contributed by atoms with van der Waals surface area (Å²) in [5.74, 6) is -0.201. The lowest BCUT2D eigenvalue weighted by molar-refractivity contribution is -0.151. The molecule has 1 heterocycles. The Labute approximate surface area is 103 Å². The van der Waals surface area contributed by atoms with Crippen LogP contribution in [0.1, 0.15) is 46.5 Å². The van der Waals surface area contributed by atoms with Gasteiger partial charge in [0.05, 0.1) is 5.41 Å². The van der Waals surface area contributed by atoms with Crippen molar-refractivity contribution in [2.24, 2.45) is 11.3 Å². The number of carboxylic acid groups (broad SMARTS) is 1. The van der Waals surface area contributed by atoms with Crippen LogP contribution >= 0.6 is 0 Å². The quantitative estimate of drug-likeness (QED) is 0.820. The monoisotopic (exact) mass is 241 g/mol. The second kappa shape index (κ2) is 5.52. The fourth-order valence-electron chi connectivity index (χ4n) is 2.16. The Hall–Kier alpha value is -1.06. The van der Waals surface area contributed by atoms with E-state index in [2.05, 4.69) is 6.92 Å². The summed E-state index contributed by atoms with van der Waals surface area (Å²) in [4.78, 5) is 24.8. The van der Waals surface area contributed by atoms with Gasteiger partial charge in [-0.3, -0.25) is 9.59 Å². The molecule has 0 radical (unpaired) electrons. The Bertz CT molecular complexity index is 291. The number of likely N-dealkylation sites (tertiary alicyclic amines) is 1. The Morgan fingerprint density at radius 1 is 1.29 bits per heavy atom. The van der Waals surface area contributed by atoms with Gasteiger partial charge in [-0.05, 0) is 32.6 Å². The average molecular weight is 241 g/mol. The van der Waals surface area contributed by atoms with E-state index in [9.17, 15) is 9.59 Å². The third kappa shape index (κ3) is 3.72. The van der Waals surface area contributed by atoms with Crippen molar-refractivity contribution in [2.75, 3.05) is 13.1 Å². The van der Waals surface area contributed by atoms with E-state index in [1.807, 2.05) is 4.90 Å². The van der Waals surface area contributed by atoms with Crippen LogP contribution < -0.4 is 0 Å². The van der Waals surface area contributed by atoms with Crippen LogP contribution in [0, 0.1) is 11.3 Å². The van der Waals surface area contributed by atoms with Crippen LogP contribution in [0.4, 0.5) is 0 Å². The third-order valence-corrected chi connectivity index (χ3v) is 3.72. The molecule has 1 amide bonds. The molecule has 0 unspecified atom stereocenters. The number of hydrogen-bond donors (Lipinski definition) is 1. The highest BCUT2D eigenvalue weighted by molar-refractivity contribution is 5.84. The first-order valence-electron chi connectivity index (χ1n) is 6.38. The first kappa shape index (κ1) is 14.0. The zero-order valence-corrected chi connectivity index (χ0v) is 11.0. The zero-order valence-electron chi connectivity index (χ0n) is 11.0. The van der Waals surface area contributed by atoms with E-state index in [0.29, 0.717) is 0 Å². The molecule has 0 aliphatic carbocycles. The van der Waals surface area contributed by atoms with Crippen molar-refractivity contribution in [3.63, 3.8) is 0 Å². The smallest absolute Gasteiger partial charge is 0.309 e. The minimum atomic E-state index is -0.960. The summed E-state index contributed by atoms with van der Waals surface area (Å²) in [5.41, 5.74) is -0.960. The predicted octanol–water partition coefficient (Wildman–Crippen LogP) is 2.14. The van der Waals surface area contributed by atoms with Crippen LogP contribution in [-0.2, 0) is 9.59 Å². The summed E-state index contributed by atoms with van der Waals surface area (Å²) in [5, 5.41) is 9.00. The lowest BCUT2D eigenvalue weighted by Gasteiger charge is -2.33. The molecule has 1 aliphatic heterocycles. The molecule has 1 N–H and O–H groups in total. The van der Waals surface area contributed by atoms with Crippen LogP contribution in [0.3, 0.4) is 0 Å². The maximum absolute atomic E-state index is 12.0. The van der Waals surface area contributed by atoms with Crippen LogP contribution in [0.5, 0.6) is 0 Å². The average Bonchev–Trinajstić information content (AvgIpc) is 2.28. The van der Waals surface area contributed by atoms with E-state index in [4.69, 9.17) is 5.11 Å². The molecular weight excluding hydrogens is 218 g/mol. The molecule has 17 heavy (non-hydrogen) atoms. The number of hydrogen-bond acceptors (Lipinski definition) is 2. The van der Waals surface area contributed by atoms with Gasteiger partial charge < -0.3 is 10.0 Å². The number of carbonyl (C=O) groups excluding carboxylic acids is 1. The number of carboxylic acids is 1. The fourth-order valence-corrected chi connectivity index (χ4v) is 2.16. The van der Waals surface area contributed by atoms with Crippen LogP contribution in [0.2, 0.25) is 0 Å². The van der Waals surface area contributed by atoms with Crippen molar-refractivity contribution in [2.45, 2.75) is 46.5 Å². The van der Waals surface area contributed by atoms with Gasteiger partial charge in [0.15, 0.2) is 0 Å². The molecule has 1 fully saturated rings. The molecule has 1 saturated heterocycles. The van der Waals surface area contributed by atoms with Crippen molar-refractivity contribution in [3.8, 4) is 0 Å². The SMILES string of the molecule is CCC1CCN(C(=O)CC(C)(C)C(=O)O)CC1. The van der Waals surface area contributed by atoms with Crippen molar-refractivity contribution < 1.29 is 14.7 Å². The minimum absolute atomic E-state index is 0.0213. The summed E-state index contributed by atoms with van der Waals surface area (Å²) >= 11 is 0. The second-order valence-corrected chi connectivity index (χ2v) is 5.60. The van der Waals surface area contributed by atoms with Gasteiger partial charge in [0, 0.05) is 19.5 Å². The molecule has 4 heteroatoms. The second-order valence-electron chi connectivity index (χ2n) is 5.60. The molecule has 0 aromatic heterocycles. The van der Waals surface area contributed by atoms with Gasteiger partial charge in [0.25, 0.3) is 0 Å². The van der Waals surface area contributed by atoms with Crippen molar-refractivity contribution in [1.82, 2.24) is 4.90 Å². The van der Waals surface area contributed by atoms with Crippen LogP contribution in [-0.4, -0.2) is 35.0 Å². The van der Waals surface area contributed by atoms with Crippen LogP contribution in [0.25, 0.3) is 0 Å². The molecule has 0 aromatic carbocycles. The van der Waals surface area contributed by atoms with Gasteiger partial charge in [-0.2, -0.15) is 0 Å². The lowest BCUT2D eigenvalue weighted by atomic mass is 9.88. The Balaban J connectivity index is 2.47. The third-order valence-electron chi connectivity index (χ3n) is 3.72. The van der Waals surface area contributed by atoms with Crippen molar-refractivity contribution in [1.29, 1.82) is 0 Å². The maximum atomic E-state index is 12.0. The summed E-state index contributed by atoms with van der Waals surface area (Å²) in [6, 6.07) is 0. The lowest BCUT2D eigenvalue weighted by Crippen LogP contribution is -2.41. The van der Waals surface area contributed by atoms with Gasteiger partial charge in [0.1, 0.15) is 0 Å². The molecule has 1 rings (SSSR count). The maximum Gasteiger partial charge on any atom is 0.309 e. The zero-order chi connectivity index (χ0) is 13.1. The minimum Gasteiger partial charge on any atom is -0.481 e. The van der Waals surface area contributed by atoms with E-state index in [1.54, 1.807) is 13.8 Å². The number of nitrogens with zero attached hydrogens (tertiary/aromatic N) is 1. The predicted molar refractivity (Wildman–Crippen MR) is 65.6 cm³/mol. The highest BCUT2D eigenvalue weighted by Gasteiger charge is 2.33. The largest absolute Gasteiger partial charge is 0.481 e. The van der Waals surface area contributed by atoms with E-state index in [1.165, 1.54) is 6.42 Å². The Morgan fingerprint density at radius 2 is 1.82 bits per heavy atom. The number of piperidine rings is 1. The standard InChI is InChI=1S/C13H23NO3/c1-4-10-5-7-14(8-6-10)11(15)9-13(2,3)12(16)17/h10H,4-9H2,1-3H3,(H,16,17). The molecule has 0 spiro atoms. The summed E-state index contributed by atoms with van der Waals surface area (Å²) in [6.07, 6.45) is 3.37. The van der Waals surface area contributed by atoms with Gasteiger partial charge in [-0.25, -0.2) is 0 Å². The summed E-state index contributed by atoms with van der Waals surface area (Å²) in [7, 11) is 0. The van der Waals surface area contributed by atoms with E-state index in [-0.39, 0.29) is 12.3 Å². The number of carbonyl (C=O) groups is 2. The normalized spacial score (nSPS) is 18.2. The topological polar surface area (TPSA) is 57.6 Å². The van der Waals surface area contributed by atoms with Gasteiger partial charge in [-0.15, -0.1) is 0 Å². The highest BCUT2D eigenvalue weighted by atomic mass is 16.4. The molecule has 98 valence electrons. The first-order valence-corrected chi connectivity index (χ1v) is 6.38. The van der Waals surface area contributed by atoms with Gasteiger partial charge >= 0.3 is 5.97 Å². The summed E-state index contributed by atoms with van der Waals surface area (Å²) in [6.45, 7) is 6.95. The van der Waals surface area contributed by atoms with Crippen LogP contribution in [0.15, 0.2) is 0 Å². The first-order chi connectivity index (χ1) is 7.86. The van der Waals surface area contributed by atoms with E-state index in [0.717, 1.165) is 31.8 Å². The van der Waals surface area contributed by atoms with E-state index < -0.39 is 11.4 Å². The molecule has 1 aliphatic rings. The van der Waals surface area contributed by atoms with Crippen molar-refractivity contribution >= 4 is 11.9 Å². The molecular formula is C13H23NO3. The highest BCUT2D eigenvalue weighted by Crippen LogP contribution is 2.25. The van der Waals surface area contributed by atoms with Gasteiger partial charge in [0.2, 0.25) is 5.91 Å². The van der Waals surface area contributed by atoms with Crippen molar-refractivity contribution in [3.05, 3.63) is 0 Å². The molecule has 0 aromatic rings. The fraction of sp³-hybridized carbons (Fsp3) is 0.846. The molecule has 0 saturated carbocycles. The molecule has 4 nitrogen and oxygen atoms in total. The molecule has 0 bridgehead atoms. The summed E-state index contributed by atoms with van der Waals surface area (Å²) < 4.78 is 0. The van der Waals surface area contributed by atoms with Gasteiger partial charge in [-0.1, -0.05) is 13.3 Å². The number of amides is 1. The number of rotatable bonds is 4. The Kier molecular flexibility index (Phi) is 4.54. The number of aliphatic carboxylic acids is 1. The van der Waals surface area contributed by atoms with E-state index >= 15 is 0 Å².